The third kappa shape index (κ3) is 2.78. The zero-order valence-corrected chi connectivity index (χ0v) is 10.9. The van der Waals surface area contributed by atoms with Crippen molar-refractivity contribution in [1.29, 1.82) is 0 Å². The second-order valence-corrected chi connectivity index (χ2v) is 5.21. The number of halogens is 1. The van der Waals surface area contributed by atoms with Crippen LogP contribution in [0.2, 0.25) is 0 Å². The second kappa shape index (κ2) is 4.65. The normalized spacial score (nSPS) is 17.3. The number of aryl methyl sites for hydroxylation is 1. The number of nitrogens with zero attached hydrogens (tertiary/aromatic N) is 1. The smallest absolute Gasteiger partial charge is 0.130 e. The summed E-state index contributed by atoms with van der Waals surface area (Å²) in [6.07, 6.45) is 0. The monoisotopic (exact) mass is 236 g/mol. The standard InChI is InChI=1S/C14H21FN2/c1-11-10-12(14(2,3)15)4-5-13(11)17-8-6-16-7-9-17/h4-5,10,16H,6-9H2,1-3H3. The Morgan fingerprint density at radius 2 is 1.88 bits per heavy atom. The number of rotatable bonds is 2. The molecule has 0 radical (unpaired) electrons. The zero-order valence-electron chi connectivity index (χ0n) is 10.9. The molecule has 1 aromatic carbocycles. The van der Waals surface area contributed by atoms with Crippen LogP contribution in [0.1, 0.15) is 25.0 Å². The molecule has 1 aliphatic heterocycles. The number of piperazine rings is 1. The minimum atomic E-state index is -1.26. The summed E-state index contributed by atoms with van der Waals surface area (Å²) < 4.78 is 13.9. The van der Waals surface area contributed by atoms with Crippen molar-refractivity contribution in [2.45, 2.75) is 26.4 Å². The van der Waals surface area contributed by atoms with Crippen LogP contribution in [0.4, 0.5) is 10.1 Å². The number of hydrogen-bond donors (Lipinski definition) is 1. The van der Waals surface area contributed by atoms with Gasteiger partial charge in [0.25, 0.3) is 0 Å². The fraction of sp³-hybridized carbons (Fsp3) is 0.571. The predicted molar refractivity (Wildman–Crippen MR) is 70.4 cm³/mol. The summed E-state index contributed by atoms with van der Waals surface area (Å²) in [4.78, 5) is 2.36. The molecule has 1 heterocycles. The Balaban J connectivity index is 2.25. The number of nitrogens with one attached hydrogen (secondary N) is 1. The molecule has 0 bridgehead atoms. The summed E-state index contributed by atoms with van der Waals surface area (Å²) in [5.41, 5.74) is 1.90. The zero-order chi connectivity index (χ0) is 12.5. The van der Waals surface area contributed by atoms with Gasteiger partial charge in [0.2, 0.25) is 0 Å². The van der Waals surface area contributed by atoms with Crippen LogP contribution in [0.5, 0.6) is 0 Å². The van der Waals surface area contributed by atoms with Crippen LogP contribution in [-0.2, 0) is 5.67 Å². The van der Waals surface area contributed by atoms with Crippen molar-refractivity contribution in [3.8, 4) is 0 Å². The summed E-state index contributed by atoms with van der Waals surface area (Å²) in [7, 11) is 0. The lowest BCUT2D eigenvalue weighted by Gasteiger charge is -2.31. The highest BCUT2D eigenvalue weighted by atomic mass is 19.1. The van der Waals surface area contributed by atoms with Crippen molar-refractivity contribution in [3.63, 3.8) is 0 Å². The summed E-state index contributed by atoms with van der Waals surface area (Å²) in [6, 6.07) is 5.93. The van der Waals surface area contributed by atoms with Crippen LogP contribution < -0.4 is 10.2 Å². The lowest BCUT2D eigenvalue weighted by molar-refractivity contribution is 0.221. The molecule has 3 heteroatoms. The first-order valence-corrected chi connectivity index (χ1v) is 6.24. The minimum Gasteiger partial charge on any atom is -0.369 e. The molecule has 2 nitrogen and oxygen atoms in total. The van der Waals surface area contributed by atoms with Gasteiger partial charge in [-0.05, 0) is 38.0 Å². The maximum atomic E-state index is 13.9. The van der Waals surface area contributed by atoms with E-state index in [1.54, 1.807) is 13.8 Å². The third-order valence-corrected chi connectivity index (χ3v) is 3.34. The quantitative estimate of drug-likeness (QED) is 0.849. The lowest BCUT2D eigenvalue weighted by Crippen LogP contribution is -2.43. The van der Waals surface area contributed by atoms with Crippen molar-refractivity contribution in [2.75, 3.05) is 31.1 Å². The van der Waals surface area contributed by atoms with Crippen molar-refractivity contribution in [2.24, 2.45) is 0 Å². The molecule has 0 saturated carbocycles. The van der Waals surface area contributed by atoms with Crippen LogP contribution in [0, 0.1) is 6.92 Å². The van der Waals surface area contributed by atoms with Crippen LogP contribution in [0.3, 0.4) is 0 Å². The minimum absolute atomic E-state index is 0.758. The number of alkyl halides is 1. The van der Waals surface area contributed by atoms with E-state index in [-0.39, 0.29) is 0 Å². The maximum Gasteiger partial charge on any atom is 0.130 e. The van der Waals surface area contributed by atoms with E-state index in [1.165, 1.54) is 5.69 Å². The molecule has 0 atom stereocenters. The lowest BCUT2D eigenvalue weighted by atomic mass is 9.97. The Morgan fingerprint density at radius 3 is 2.41 bits per heavy atom. The Labute approximate surface area is 103 Å². The van der Waals surface area contributed by atoms with Gasteiger partial charge in [-0.2, -0.15) is 0 Å². The van der Waals surface area contributed by atoms with E-state index in [9.17, 15) is 4.39 Å². The van der Waals surface area contributed by atoms with Crippen LogP contribution in [-0.4, -0.2) is 26.2 Å². The van der Waals surface area contributed by atoms with Gasteiger partial charge in [-0.1, -0.05) is 12.1 Å². The molecule has 94 valence electrons. The summed E-state index contributed by atoms with van der Waals surface area (Å²) in [5, 5.41) is 3.34. The molecule has 17 heavy (non-hydrogen) atoms. The summed E-state index contributed by atoms with van der Waals surface area (Å²) in [5.74, 6) is 0. The van der Waals surface area contributed by atoms with Crippen molar-refractivity contribution >= 4 is 5.69 Å². The van der Waals surface area contributed by atoms with Gasteiger partial charge in [0.1, 0.15) is 5.67 Å². The summed E-state index contributed by atoms with van der Waals surface area (Å²) in [6.45, 7) is 9.37. The molecule has 2 rings (SSSR count). The molecule has 0 spiro atoms. The van der Waals surface area contributed by atoms with E-state index in [4.69, 9.17) is 0 Å². The van der Waals surface area contributed by atoms with E-state index in [2.05, 4.69) is 23.2 Å². The number of hydrogen-bond acceptors (Lipinski definition) is 2. The highest BCUT2D eigenvalue weighted by Crippen LogP contribution is 2.29. The average Bonchev–Trinajstić information content (AvgIpc) is 2.29. The predicted octanol–water partition coefficient (Wildman–Crippen LogP) is 2.61. The Morgan fingerprint density at radius 1 is 1.24 bits per heavy atom. The molecule has 1 aliphatic rings. The Kier molecular flexibility index (Phi) is 3.38. The van der Waals surface area contributed by atoms with Crippen molar-refractivity contribution in [1.82, 2.24) is 5.32 Å². The third-order valence-electron chi connectivity index (χ3n) is 3.34. The molecule has 1 aromatic rings. The molecule has 0 unspecified atom stereocenters. The first-order chi connectivity index (χ1) is 7.98. The van der Waals surface area contributed by atoms with Gasteiger partial charge in [0.15, 0.2) is 0 Å². The van der Waals surface area contributed by atoms with E-state index in [1.807, 2.05) is 12.1 Å². The molecule has 1 saturated heterocycles. The largest absolute Gasteiger partial charge is 0.369 e. The molecule has 0 amide bonds. The van der Waals surface area contributed by atoms with Gasteiger partial charge < -0.3 is 10.2 Å². The van der Waals surface area contributed by atoms with Gasteiger partial charge in [-0.3, -0.25) is 0 Å². The molecular formula is C14H21FN2. The van der Waals surface area contributed by atoms with Crippen molar-refractivity contribution < 1.29 is 4.39 Å². The van der Waals surface area contributed by atoms with Crippen LogP contribution in [0.15, 0.2) is 18.2 Å². The topological polar surface area (TPSA) is 15.3 Å². The van der Waals surface area contributed by atoms with Gasteiger partial charge >= 0.3 is 0 Å². The Bertz CT molecular complexity index is 390. The highest BCUT2D eigenvalue weighted by Gasteiger charge is 2.20. The van der Waals surface area contributed by atoms with Gasteiger partial charge in [0, 0.05) is 31.9 Å². The van der Waals surface area contributed by atoms with E-state index in [0.717, 1.165) is 37.3 Å². The number of anilines is 1. The van der Waals surface area contributed by atoms with E-state index < -0.39 is 5.67 Å². The van der Waals surface area contributed by atoms with E-state index in [0.29, 0.717) is 0 Å². The van der Waals surface area contributed by atoms with Gasteiger partial charge in [-0.25, -0.2) is 4.39 Å². The van der Waals surface area contributed by atoms with Crippen LogP contribution >= 0.6 is 0 Å². The summed E-state index contributed by atoms with van der Waals surface area (Å²) >= 11 is 0. The molecule has 1 fully saturated rings. The van der Waals surface area contributed by atoms with Gasteiger partial charge in [0.05, 0.1) is 0 Å². The molecule has 0 aliphatic carbocycles. The van der Waals surface area contributed by atoms with Gasteiger partial charge in [-0.15, -0.1) is 0 Å². The first-order valence-electron chi connectivity index (χ1n) is 6.24. The number of benzene rings is 1. The maximum absolute atomic E-state index is 13.9. The average molecular weight is 236 g/mol. The SMILES string of the molecule is Cc1cc(C(C)(C)F)ccc1N1CCNCC1. The van der Waals surface area contributed by atoms with Crippen LogP contribution in [0.25, 0.3) is 0 Å². The fourth-order valence-electron chi connectivity index (χ4n) is 2.29. The molecule has 1 N–H and O–H groups in total. The first kappa shape index (κ1) is 12.4. The highest BCUT2D eigenvalue weighted by molar-refractivity contribution is 5.55. The Hall–Kier alpha value is -1.09. The molecule has 0 aromatic heterocycles. The van der Waals surface area contributed by atoms with Crippen molar-refractivity contribution in [3.05, 3.63) is 29.3 Å². The van der Waals surface area contributed by atoms with E-state index >= 15 is 0 Å². The second-order valence-electron chi connectivity index (χ2n) is 5.21. The fourth-order valence-corrected chi connectivity index (χ4v) is 2.29. The molecular weight excluding hydrogens is 215 g/mol.